The lowest BCUT2D eigenvalue weighted by Gasteiger charge is -2.37. The first kappa shape index (κ1) is 14.5. The average Bonchev–Trinajstić information content (AvgIpc) is 2.38. The lowest BCUT2D eigenvalue weighted by molar-refractivity contribution is -0.0361. The number of hydrogen-bond acceptors (Lipinski definition) is 3. The molecule has 5 heteroatoms. The third-order valence-electron chi connectivity index (χ3n) is 3.39. The lowest BCUT2D eigenvalue weighted by atomic mass is 10.1. The topological polar surface area (TPSA) is 42.4 Å². The number of rotatable bonds is 2. The van der Waals surface area contributed by atoms with Crippen molar-refractivity contribution in [3.63, 3.8) is 0 Å². The molecule has 2 rings (SSSR count). The van der Waals surface area contributed by atoms with Gasteiger partial charge in [-0.2, -0.15) is 0 Å². The van der Waals surface area contributed by atoms with E-state index in [0.717, 1.165) is 16.7 Å². The van der Waals surface area contributed by atoms with Gasteiger partial charge < -0.3 is 9.64 Å². The Hall–Kier alpha value is -0.940. The third-order valence-corrected chi connectivity index (χ3v) is 4.12. The smallest absolute Gasteiger partial charge is 0.256 e. The molecular formula is C14H19BrN2O2. The summed E-state index contributed by atoms with van der Waals surface area (Å²) < 4.78 is 5.65. The third kappa shape index (κ3) is 3.15. The van der Waals surface area contributed by atoms with Crippen LogP contribution in [0.25, 0.3) is 0 Å². The van der Waals surface area contributed by atoms with Crippen LogP contribution >= 0.6 is 15.9 Å². The molecule has 1 aliphatic rings. The molecule has 2 unspecified atom stereocenters. The van der Waals surface area contributed by atoms with Crippen molar-refractivity contribution in [3.8, 4) is 0 Å². The Kier molecular flexibility index (Phi) is 4.58. The second kappa shape index (κ2) is 6.01. The Bertz CT molecular complexity index is 479. The van der Waals surface area contributed by atoms with Gasteiger partial charge in [0, 0.05) is 17.6 Å². The Morgan fingerprint density at radius 3 is 2.89 bits per heavy atom. The van der Waals surface area contributed by atoms with Crippen LogP contribution in [0.3, 0.4) is 0 Å². The first-order valence-corrected chi connectivity index (χ1v) is 7.58. The van der Waals surface area contributed by atoms with E-state index in [0.29, 0.717) is 18.7 Å². The van der Waals surface area contributed by atoms with Crippen LogP contribution in [-0.2, 0) is 4.74 Å². The first-order valence-electron chi connectivity index (χ1n) is 6.45. The highest BCUT2D eigenvalue weighted by Crippen LogP contribution is 2.18. The highest BCUT2D eigenvalue weighted by Gasteiger charge is 2.30. The standard InChI is InChI=1S/C14H19BrN2O2/c1-9-4-5-13(11(3)16-9)14(18)17-7-12(6-15)19-8-10(17)2/h4-5,10,12H,6-8H2,1-3H3. The summed E-state index contributed by atoms with van der Waals surface area (Å²) in [5.74, 6) is 0.0479. The highest BCUT2D eigenvalue weighted by atomic mass is 79.9. The SMILES string of the molecule is Cc1ccc(C(=O)N2CC(CBr)OCC2C)c(C)n1. The van der Waals surface area contributed by atoms with Crippen LogP contribution in [0.15, 0.2) is 12.1 Å². The van der Waals surface area contributed by atoms with Gasteiger partial charge in [-0.05, 0) is 32.9 Å². The predicted molar refractivity (Wildman–Crippen MR) is 77.7 cm³/mol. The number of halogens is 1. The van der Waals surface area contributed by atoms with Crippen molar-refractivity contribution in [3.05, 3.63) is 29.1 Å². The zero-order valence-electron chi connectivity index (χ0n) is 11.5. The van der Waals surface area contributed by atoms with E-state index in [9.17, 15) is 4.79 Å². The minimum atomic E-state index is 0.0479. The van der Waals surface area contributed by atoms with Gasteiger partial charge in [-0.25, -0.2) is 0 Å². The van der Waals surface area contributed by atoms with Crippen molar-refractivity contribution in [1.82, 2.24) is 9.88 Å². The van der Waals surface area contributed by atoms with Crippen LogP contribution in [0.5, 0.6) is 0 Å². The highest BCUT2D eigenvalue weighted by molar-refractivity contribution is 9.09. The minimum Gasteiger partial charge on any atom is -0.373 e. The summed E-state index contributed by atoms with van der Waals surface area (Å²) in [5, 5.41) is 0.745. The molecule has 0 aliphatic carbocycles. The molecule has 104 valence electrons. The van der Waals surface area contributed by atoms with Crippen molar-refractivity contribution in [2.75, 3.05) is 18.5 Å². The maximum atomic E-state index is 12.6. The maximum Gasteiger partial charge on any atom is 0.256 e. The molecule has 4 nitrogen and oxygen atoms in total. The van der Waals surface area contributed by atoms with Crippen LogP contribution in [0.4, 0.5) is 0 Å². The van der Waals surface area contributed by atoms with Crippen molar-refractivity contribution >= 4 is 21.8 Å². The molecule has 1 amide bonds. The number of hydrogen-bond donors (Lipinski definition) is 0. The van der Waals surface area contributed by atoms with Crippen molar-refractivity contribution in [2.45, 2.75) is 32.9 Å². The van der Waals surface area contributed by atoms with E-state index < -0.39 is 0 Å². The first-order chi connectivity index (χ1) is 9.02. The number of ether oxygens (including phenoxy) is 1. The van der Waals surface area contributed by atoms with Gasteiger partial charge in [-0.1, -0.05) is 15.9 Å². The normalized spacial score (nSPS) is 23.5. The van der Waals surface area contributed by atoms with Gasteiger partial charge in [0.05, 0.1) is 30.0 Å². The van der Waals surface area contributed by atoms with Crippen molar-refractivity contribution < 1.29 is 9.53 Å². The summed E-state index contributed by atoms with van der Waals surface area (Å²) in [6.45, 7) is 7.03. The Balaban J connectivity index is 2.22. The summed E-state index contributed by atoms with van der Waals surface area (Å²) in [7, 11) is 0. The summed E-state index contributed by atoms with van der Waals surface area (Å²) in [4.78, 5) is 18.9. The van der Waals surface area contributed by atoms with E-state index in [1.807, 2.05) is 37.8 Å². The molecule has 1 fully saturated rings. The van der Waals surface area contributed by atoms with E-state index >= 15 is 0 Å². The van der Waals surface area contributed by atoms with E-state index in [1.165, 1.54) is 0 Å². The molecule has 1 saturated heterocycles. The number of morpholine rings is 1. The van der Waals surface area contributed by atoms with E-state index in [2.05, 4.69) is 20.9 Å². The Morgan fingerprint density at radius 1 is 1.53 bits per heavy atom. The molecule has 0 saturated carbocycles. The molecular weight excluding hydrogens is 308 g/mol. The molecule has 2 atom stereocenters. The van der Waals surface area contributed by atoms with Gasteiger partial charge in [0.25, 0.3) is 5.91 Å². The van der Waals surface area contributed by atoms with Gasteiger partial charge in [-0.15, -0.1) is 0 Å². The van der Waals surface area contributed by atoms with Gasteiger partial charge in [-0.3, -0.25) is 9.78 Å². The molecule has 2 heterocycles. The molecule has 1 aliphatic heterocycles. The number of nitrogens with zero attached hydrogens (tertiary/aromatic N) is 2. The van der Waals surface area contributed by atoms with Gasteiger partial charge >= 0.3 is 0 Å². The number of aromatic nitrogens is 1. The summed E-state index contributed by atoms with van der Waals surface area (Å²) in [6.07, 6.45) is 0.0684. The molecule has 0 N–H and O–H groups in total. The number of alkyl halides is 1. The van der Waals surface area contributed by atoms with Crippen LogP contribution in [0.1, 0.15) is 28.7 Å². The predicted octanol–water partition coefficient (Wildman–Crippen LogP) is 2.32. The molecule has 19 heavy (non-hydrogen) atoms. The number of pyridine rings is 1. The van der Waals surface area contributed by atoms with E-state index in [1.54, 1.807) is 0 Å². The maximum absolute atomic E-state index is 12.6. The fourth-order valence-corrected chi connectivity index (χ4v) is 2.65. The summed E-state index contributed by atoms with van der Waals surface area (Å²) >= 11 is 3.41. The second-order valence-electron chi connectivity index (χ2n) is 5.00. The Morgan fingerprint density at radius 2 is 2.26 bits per heavy atom. The van der Waals surface area contributed by atoms with Gasteiger partial charge in [0.2, 0.25) is 0 Å². The minimum absolute atomic E-state index is 0.0479. The largest absolute Gasteiger partial charge is 0.373 e. The van der Waals surface area contributed by atoms with Crippen molar-refractivity contribution in [2.24, 2.45) is 0 Å². The average molecular weight is 327 g/mol. The summed E-state index contributed by atoms with van der Waals surface area (Å²) in [5.41, 5.74) is 2.41. The molecule has 0 bridgehead atoms. The van der Waals surface area contributed by atoms with E-state index in [4.69, 9.17) is 4.74 Å². The molecule has 1 aromatic rings. The Labute approximate surface area is 122 Å². The van der Waals surface area contributed by atoms with Crippen LogP contribution < -0.4 is 0 Å². The lowest BCUT2D eigenvalue weighted by Crippen LogP contribution is -2.51. The number of carbonyl (C=O) groups excluding carboxylic acids is 1. The molecule has 0 spiro atoms. The fourth-order valence-electron chi connectivity index (χ4n) is 2.26. The zero-order valence-corrected chi connectivity index (χ0v) is 13.1. The number of aryl methyl sites for hydroxylation is 2. The van der Waals surface area contributed by atoms with Gasteiger partial charge in [0.1, 0.15) is 0 Å². The van der Waals surface area contributed by atoms with Gasteiger partial charge in [0.15, 0.2) is 0 Å². The quantitative estimate of drug-likeness (QED) is 0.783. The molecule has 0 radical (unpaired) electrons. The zero-order chi connectivity index (χ0) is 14.0. The summed E-state index contributed by atoms with van der Waals surface area (Å²) in [6, 6.07) is 3.85. The number of amides is 1. The number of carbonyl (C=O) groups is 1. The fraction of sp³-hybridized carbons (Fsp3) is 0.571. The monoisotopic (exact) mass is 326 g/mol. The molecule has 1 aromatic heterocycles. The van der Waals surface area contributed by atoms with Crippen molar-refractivity contribution in [1.29, 1.82) is 0 Å². The van der Waals surface area contributed by atoms with Crippen LogP contribution in [0, 0.1) is 13.8 Å². The van der Waals surface area contributed by atoms with Crippen LogP contribution in [0.2, 0.25) is 0 Å². The van der Waals surface area contributed by atoms with E-state index in [-0.39, 0.29) is 18.1 Å². The molecule has 0 aromatic carbocycles. The second-order valence-corrected chi connectivity index (χ2v) is 5.65. The van der Waals surface area contributed by atoms with Crippen LogP contribution in [-0.4, -0.2) is 46.4 Å².